The smallest absolute Gasteiger partial charge is 0.416 e. The molecule has 1 amide bonds. The summed E-state index contributed by atoms with van der Waals surface area (Å²) in [4.78, 5) is 21.2. The molecule has 4 rings (SSSR count). The van der Waals surface area contributed by atoms with Crippen molar-refractivity contribution in [3.05, 3.63) is 58.5 Å². The zero-order chi connectivity index (χ0) is 25.7. The minimum Gasteiger partial charge on any atom is -0.493 e. The van der Waals surface area contributed by atoms with E-state index in [2.05, 4.69) is 11.9 Å². The number of anilines is 1. The molecule has 2 aliphatic rings. The van der Waals surface area contributed by atoms with Crippen molar-refractivity contribution in [2.75, 3.05) is 44.8 Å². The lowest BCUT2D eigenvalue weighted by Crippen LogP contribution is -2.47. The van der Waals surface area contributed by atoms with Crippen LogP contribution in [0.4, 0.5) is 18.9 Å². The quantitative estimate of drug-likeness (QED) is 0.346. The predicted octanol–water partition coefficient (Wildman–Crippen LogP) is 5.69. The fourth-order valence-corrected chi connectivity index (χ4v) is 4.90. The lowest BCUT2D eigenvalue weighted by Gasteiger charge is -2.36. The van der Waals surface area contributed by atoms with Gasteiger partial charge in [-0.25, -0.2) is 0 Å². The molecular formula is C26H28F3N3O3S. The van der Waals surface area contributed by atoms with E-state index >= 15 is 0 Å². The van der Waals surface area contributed by atoms with E-state index in [-0.39, 0.29) is 5.91 Å². The summed E-state index contributed by atoms with van der Waals surface area (Å²) in [7, 11) is 1.58. The lowest BCUT2D eigenvalue weighted by molar-refractivity contribution is -0.137. The number of ether oxygens (including phenoxy) is 2. The number of methoxy groups -OCH3 is 1. The summed E-state index contributed by atoms with van der Waals surface area (Å²) in [6.07, 6.45) is -0.605. The van der Waals surface area contributed by atoms with Crippen LogP contribution in [0.25, 0.3) is 6.08 Å². The second kappa shape index (κ2) is 11.3. The van der Waals surface area contributed by atoms with Crippen molar-refractivity contribution >= 4 is 34.6 Å². The molecule has 0 atom stereocenters. The van der Waals surface area contributed by atoms with Crippen LogP contribution >= 0.6 is 11.8 Å². The number of carbonyl (C=O) groups excluding carboxylic acids is 1. The summed E-state index contributed by atoms with van der Waals surface area (Å²) in [5, 5.41) is 0.612. The zero-order valence-electron chi connectivity index (χ0n) is 20.2. The summed E-state index contributed by atoms with van der Waals surface area (Å²) in [5.41, 5.74) is 0.685. The van der Waals surface area contributed by atoms with E-state index in [1.165, 1.54) is 23.9 Å². The van der Waals surface area contributed by atoms with Gasteiger partial charge in [0.05, 0.1) is 24.2 Å². The molecule has 0 spiro atoms. The predicted molar refractivity (Wildman–Crippen MR) is 137 cm³/mol. The van der Waals surface area contributed by atoms with Crippen molar-refractivity contribution < 1.29 is 27.4 Å². The number of amidine groups is 1. The summed E-state index contributed by atoms with van der Waals surface area (Å²) < 4.78 is 50.4. The Balaban J connectivity index is 1.38. The number of unbranched alkanes of at least 4 members (excludes halogenated alkanes) is 1. The molecule has 36 heavy (non-hydrogen) atoms. The minimum absolute atomic E-state index is 0.308. The molecule has 6 nitrogen and oxygen atoms in total. The standard InChI is InChI=1S/C26H28F3N3O3S/c1-3-4-14-35-21-9-8-18(15-22(21)34-2)16-23-24(33)30-25(36-23)32-12-10-31(11-13-32)20-7-5-6-19(17-20)26(27,28)29/h5-9,15-17H,3-4,10-14H2,1-2H3. The van der Waals surface area contributed by atoms with Crippen molar-refractivity contribution in [1.82, 2.24) is 4.90 Å². The van der Waals surface area contributed by atoms with Crippen LogP contribution < -0.4 is 14.4 Å². The zero-order valence-corrected chi connectivity index (χ0v) is 21.0. The maximum Gasteiger partial charge on any atom is 0.416 e. The highest BCUT2D eigenvalue weighted by atomic mass is 32.2. The highest BCUT2D eigenvalue weighted by molar-refractivity contribution is 8.18. The van der Waals surface area contributed by atoms with Crippen molar-refractivity contribution in [1.29, 1.82) is 0 Å². The van der Waals surface area contributed by atoms with Gasteiger partial charge >= 0.3 is 6.18 Å². The first kappa shape index (κ1) is 25.9. The molecule has 2 heterocycles. The highest BCUT2D eigenvalue weighted by Crippen LogP contribution is 2.35. The van der Waals surface area contributed by atoms with Gasteiger partial charge in [0, 0.05) is 31.9 Å². The fraction of sp³-hybridized carbons (Fsp3) is 0.385. The maximum absolute atomic E-state index is 13.1. The topological polar surface area (TPSA) is 54.4 Å². The SMILES string of the molecule is CCCCOc1ccc(C=C2SC(N3CCN(c4cccc(C(F)(F)F)c4)CC3)=NC2=O)cc1OC. The number of hydrogen-bond acceptors (Lipinski definition) is 6. The average Bonchev–Trinajstić information content (AvgIpc) is 3.24. The Bertz CT molecular complexity index is 1160. The summed E-state index contributed by atoms with van der Waals surface area (Å²) in [5.74, 6) is 0.953. The van der Waals surface area contributed by atoms with Gasteiger partial charge in [0.15, 0.2) is 16.7 Å². The Labute approximate surface area is 212 Å². The third-order valence-electron chi connectivity index (χ3n) is 5.94. The van der Waals surface area contributed by atoms with Gasteiger partial charge in [-0.1, -0.05) is 25.5 Å². The number of thioether (sulfide) groups is 1. The molecule has 2 aromatic rings. The Morgan fingerprint density at radius 3 is 2.50 bits per heavy atom. The number of carbonyl (C=O) groups is 1. The van der Waals surface area contributed by atoms with Gasteiger partial charge in [0.25, 0.3) is 5.91 Å². The molecular weight excluding hydrogens is 491 g/mol. The number of nitrogens with zero attached hydrogens (tertiary/aromatic N) is 3. The van der Waals surface area contributed by atoms with Gasteiger partial charge in [-0.2, -0.15) is 18.2 Å². The largest absolute Gasteiger partial charge is 0.493 e. The monoisotopic (exact) mass is 519 g/mol. The van der Waals surface area contributed by atoms with E-state index in [0.29, 0.717) is 60.0 Å². The molecule has 2 aliphatic heterocycles. The average molecular weight is 520 g/mol. The van der Waals surface area contributed by atoms with Crippen molar-refractivity contribution in [2.45, 2.75) is 25.9 Å². The normalized spacial score (nSPS) is 17.5. The number of piperazine rings is 1. The van der Waals surface area contributed by atoms with Gasteiger partial charge < -0.3 is 19.3 Å². The number of hydrogen-bond donors (Lipinski definition) is 0. The van der Waals surface area contributed by atoms with Crippen LogP contribution in [0.3, 0.4) is 0 Å². The van der Waals surface area contributed by atoms with Crippen LogP contribution in [0.1, 0.15) is 30.9 Å². The minimum atomic E-state index is -4.37. The van der Waals surface area contributed by atoms with E-state index in [0.717, 1.165) is 24.5 Å². The molecule has 2 aromatic carbocycles. The molecule has 0 radical (unpaired) electrons. The van der Waals surface area contributed by atoms with Gasteiger partial charge in [-0.05, 0) is 60.2 Å². The number of rotatable bonds is 7. The molecule has 0 aliphatic carbocycles. The second-order valence-corrected chi connectivity index (χ2v) is 9.45. The molecule has 192 valence electrons. The summed E-state index contributed by atoms with van der Waals surface area (Å²) in [6.45, 7) is 4.88. The summed E-state index contributed by atoms with van der Waals surface area (Å²) >= 11 is 1.31. The fourth-order valence-electron chi connectivity index (χ4n) is 3.94. The molecule has 1 fully saturated rings. The Kier molecular flexibility index (Phi) is 8.13. The number of benzene rings is 2. The highest BCUT2D eigenvalue weighted by Gasteiger charge is 2.32. The first-order chi connectivity index (χ1) is 17.3. The van der Waals surface area contributed by atoms with E-state index in [1.807, 2.05) is 28.0 Å². The van der Waals surface area contributed by atoms with E-state index in [4.69, 9.17) is 9.47 Å². The van der Waals surface area contributed by atoms with E-state index in [9.17, 15) is 18.0 Å². The first-order valence-corrected chi connectivity index (χ1v) is 12.6. The molecule has 0 unspecified atom stereocenters. The van der Waals surface area contributed by atoms with E-state index < -0.39 is 11.7 Å². The summed E-state index contributed by atoms with van der Waals surface area (Å²) in [6, 6.07) is 10.9. The van der Waals surface area contributed by atoms with Crippen molar-refractivity contribution in [2.24, 2.45) is 4.99 Å². The Hall–Kier alpha value is -3.14. The van der Waals surface area contributed by atoms with Crippen LogP contribution in [0, 0.1) is 0 Å². The Morgan fingerprint density at radius 1 is 1.06 bits per heavy atom. The number of halogens is 3. The molecule has 0 aromatic heterocycles. The van der Waals surface area contributed by atoms with Gasteiger partial charge in [0.2, 0.25) is 0 Å². The lowest BCUT2D eigenvalue weighted by atomic mass is 10.1. The number of amides is 1. The number of aliphatic imine (C=N–C) groups is 1. The van der Waals surface area contributed by atoms with Crippen LogP contribution in [0.15, 0.2) is 52.4 Å². The maximum atomic E-state index is 13.1. The van der Waals surface area contributed by atoms with Crippen LogP contribution in [-0.2, 0) is 11.0 Å². The van der Waals surface area contributed by atoms with Gasteiger partial charge in [-0.15, -0.1) is 0 Å². The first-order valence-electron chi connectivity index (χ1n) is 11.8. The van der Waals surface area contributed by atoms with Gasteiger partial charge in [0.1, 0.15) is 0 Å². The van der Waals surface area contributed by atoms with Crippen molar-refractivity contribution in [3.8, 4) is 11.5 Å². The molecule has 1 saturated heterocycles. The van der Waals surface area contributed by atoms with Crippen LogP contribution in [0.5, 0.6) is 11.5 Å². The van der Waals surface area contributed by atoms with Crippen LogP contribution in [0.2, 0.25) is 0 Å². The Morgan fingerprint density at radius 2 is 1.81 bits per heavy atom. The molecule has 0 saturated carbocycles. The molecule has 10 heteroatoms. The van der Waals surface area contributed by atoms with Gasteiger partial charge in [-0.3, -0.25) is 4.79 Å². The third-order valence-corrected chi connectivity index (χ3v) is 6.98. The van der Waals surface area contributed by atoms with Crippen molar-refractivity contribution in [3.63, 3.8) is 0 Å². The second-order valence-electron chi connectivity index (χ2n) is 8.44. The van der Waals surface area contributed by atoms with Crippen LogP contribution in [-0.4, -0.2) is 55.9 Å². The molecule has 0 N–H and O–H groups in total. The third kappa shape index (κ3) is 6.16. The molecule has 0 bridgehead atoms. The number of alkyl halides is 3. The van der Waals surface area contributed by atoms with E-state index in [1.54, 1.807) is 19.3 Å².